The highest BCUT2D eigenvalue weighted by atomic mass is 79.9. The van der Waals surface area contributed by atoms with E-state index < -0.39 is 11.5 Å². The summed E-state index contributed by atoms with van der Waals surface area (Å²) in [4.78, 5) is 25.9. The Balaban J connectivity index is 1.80. The minimum Gasteiger partial charge on any atom is -0.492 e. The van der Waals surface area contributed by atoms with Crippen molar-refractivity contribution in [2.75, 3.05) is 18.1 Å². The number of amides is 1. The molecule has 1 N–H and O–H groups in total. The van der Waals surface area contributed by atoms with Gasteiger partial charge in [-0.15, -0.1) is 0 Å². The number of carbonyl (C=O) groups excluding carboxylic acids is 2. The molecule has 0 spiro atoms. The first-order chi connectivity index (χ1) is 12.3. The van der Waals surface area contributed by atoms with Gasteiger partial charge in [0.05, 0.1) is 12.2 Å². The molecule has 0 saturated heterocycles. The number of anilines is 1. The zero-order chi connectivity index (χ0) is 18.9. The van der Waals surface area contributed by atoms with Crippen LogP contribution in [0.3, 0.4) is 0 Å². The Morgan fingerprint density at radius 2 is 1.96 bits per heavy atom. The lowest BCUT2D eigenvalue weighted by atomic mass is 9.90. The minimum absolute atomic E-state index is 0.235. The molecule has 136 valence electrons. The van der Waals surface area contributed by atoms with E-state index in [1.165, 1.54) is 11.8 Å². The number of nitrogens with zero attached hydrogens (tertiary/aromatic N) is 1. The first kappa shape index (κ1) is 18.9. The van der Waals surface area contributed by atoms with Gasteiger partial charge in [0.25, 0.3) is 5.91 Å². The average molecular weight is 439 g/mol. The number of hydrogen-bond donors (Lipinski definition) is 1. The Morgan fingerprint density at radius 1 is 1.27 bits per heavy atom. The summed E-state index contributed by atoms with van der Waals surface area (Å²) in [6, 6.07) is 12.1. The lowest BCUT2D eigenvalue weighted by Crippen LogP contribution is -2.43. The summed E-state index contributed by atoms with van der Waals surface area (Å²) in [5, 5.41) is 11.5. The van der Waals surface area contributed by atoms with E-state index in [4.69, 9.17) is 16.3 Å². The summed E-state index contributed by atoms with van der Waals surface area (Å²) >= 11 is 9.19. The molecule has 26 heavy (non-hydrogen) atoms. The molecule has 1 heterocycles. The molecule has 3 rings (SSSR count). The molecule has 0 bridgehead atoms. The molecule has 0 aromatic heterocycles. The van der Waals surface area contributed by atoms with Crippen LogP contribution in [0.15, 0.2) is 46.9 Å². The average Bonchev–Trinajstić information content (AvgIpc) is 2.77. The predicted molar refractivity (Wildman–Crippen MR) is 103 cm³/mol. The second-order valence-corrected chi connectivity index (χ2v) is 7.51. The zero-order valence-corrected chi connectivity index (χ0v) is 16.4. The number of aliphatic hydroxyl groups is 1. The maximum absolute atomic E-state index is 12.9. The van der Waals surface area contributed by atoms with Crippen molar-refractivity contribution in [2.45, 2.75) is 18.9 Å². The largest absolute Gasteiger partial charge is 0.492 e. The summed E-state index contributed by atoms with van der Waals surface area (Å²) < 4.78 is 6.38. The summed E-state index contributed by atoms with van der Waals surface area (Å²) in [5.74, 6) is -0.136. The summed E-state index contributed by atoms with van der Waals surface area (Å²) in [6.45, 7) is 1.84. The Bertz CT molecular complexity index is 855. The Kier molecular flexibility index (Phi) is 5.37. The summed E-state index contributed by atoms with van der Waals surface area (Å²) in [5.41, 5.74) is -0.828. The third kappa shape index (κ3) is 3.63. The molecule has 0 radical (unpaired) electrons. The first-order valence-corrected chi connectivity index (χ1v) is 9.20. The quantitative estimate of drug-likeness (QED) is 0.747. The van der Waals surface area contributed by atoms with Crippen LogP contribution in [-0.4, -0.2) is 29.9 Å². The van der Waals surface area contributed by atoms with Gasteiger partial charge in [-0.2, -0.15) is 0 Å². The summed E-state index contributed by atoms with van der Waals surface area (Å²) in [6.07, 6.45) is -0.260. The van der Waals surface area contributed by atoms with E-state index >= 15 is 0 Å². The van der Waals surface area contributed by atoms with Crippen LogP contribution in [0.25, 0.3) is 0 Å². The predicted octanol–water partition coefficient (Wildman–Crippen LogP) is 3.69. The molecule has 1 aliphatic heterocycles. The van der Waals surface area contributed by atoms with E-state index in [1.54, 1.807) is 42.5 Å². The van der Waals surface area contributed by atoms with E-state index in [0.717, 1.165) is 4.47 Å². The number of rotatable bonds is 6. The van der Waals surface area contributed by atoms with Crippen LogP contribution < -0.4 is 9.64 Å². The maximum atomic E-state index is 12.9. The number of carbonyl (C=O) groups is 2. The Morgan fingerprint density at radius 3 is 2.62 bits per heavy atom. The molecule has 2 aromatic carbocycles. The minimum atomic E-state index is -1.84. The molecule has 1 amide bonds. The van der Waals surface area contributed by atoms with Crippen LogP contribution in [0.2, 0.25) is 5.02 Å². The van der Waals surface area contributed by atoms with Crippen molar-refractivity contribution in [1.82, 2.24) is 0 Å². The molecule has 5 nitrogen and oxygen atoms in total. The molecule has 0 unspecified atom stereocenters. The molecule has 0 fully saturated rings. The van der Waals surface area contributed by atoms with E-state index in [-0.39, 0.29) is 25.4 Å². The van der Waals surface area contributed by atoms with Crippen LogP contribution in [0, 0.1) is 0 Å². The van der Waals surface area contributed by atoms with Gasteiger partial charge in [0, 0.05) is 21.5 Å². The molecule has 2 aromatic rings. The molecule has 0 saturated carbocycles. The van der Waals surface area contributed by atoms with Gasteiger partial charge in [-0.3, -0.25) is 9.59 Å². The number of ether oxygens (including phenoxy) is 1. The molecule has 1 aliphatic rings. The van der Waals surface area contributed by atoms with Crippen molar-refractivity contribution in [2.24, 2.45) is 0 Å². The zero-order valence-electron chi connectivity index (χ0n) is 14.0. The van der Waals surface area contributed by atoms with E-state index in [9.17, 15) is 14.7 Å². The van der Waals surface area contributed by atoms with Crippen molar-refractivity contribution >= 4 is 44.9 Å². The van der Waals surface area contributed by atoms with Crippen LogP contribution in [-0.2, 0) is 15.2 Å². The van der Waals surface area contributed by atoms with Crippen molar-refractivity contribution in [3.63, 3.8) is 0 Å². The van der Waals surface area contributed by atoms with Crippen LogP contribution in [0.4, 0.5) is 5.69 Å². The monoisotopic (exact) mass is 437 g/mol. The topological polar surface area (TPSA) is 66.8 Å². The van der Waals surface area contributed by atoms with Crippen molar-refractivity contribution < 1.29 is 19.4 Å². The molecule has 1 atom stereocenters. The van der Waals surface area contributed by atoms with Gasteiger partial charge in [-0.25, -0.2) is 0 Å². The van der Waals surface area contributed by atoms with Crippen LogP contribution >= 0.6 is 27.5 Å². The SMILES string of the molecule is CC(=O)C[C@@]1(O)C(=O)N(CCOc2ccc(Cl)cc2)c2ccc(Br)cc21. The highest BCUT2D eigenvalue weighted by Crippen LogP contribution is 2.43. The highest BCUT2D eigenvalue weighted by Gasteiger charge is 2.50. The lowest BCUT2D eigenvalue weighted by molar-refractivity contribution is -0.141. The lowest BCUT2D eigenvalue weighted by Gasteiger charge is -2.22. The van der Waals surface area contributed by atoms with E-state index in [1.807, 2.05) is 0 Å². The third-order valence-corrected chi connectivity index (χ3v) is 4.94. The molecule has 0 aliphatic carbocycles. The smallest absolute Gasteiger partial charge is 0.264 e. The van der Waals surface area contributed by atoms with Crippen LogP contribution in [0.5, 0.6) is 5.75 Å². The Labute approximate surface area is 164 Å². The molecular formula is C19H17BrClNO4. The third-order valence-electron chi connectivity index (χ3n) is 4.20. The first-order valence-electron chi connectivity index (χ1n) is 8.03. The summed E-state index contributed by atoms with van der Waals surface area (Å²) in [7, 11) is 0. The van der Waals surface area contributed by atoms with Gasteiger partial charge < -0.3 is 14.7 Å². The second kappa shape index (κ2) is 7.39. The van der Waals surface area contributed by atoms with Crippen LogP contribution in [0.1, 0.15) is 18.9 Å². The second-order valence-electron chi connectivity index (χ2n) is 6.16. The van der Waals surface area contributed by atoms with Gasteiger partial charge >= 0.3 is 0 Å². The van der Waals surface area contributed by atoms with Gasteiger partial charge in [0.1, 0.15) is 18.1 Å². The number of fused-ring (bicyclic) bond motifs is 1. The van der Waals surface area contributed by atoms with E-state index in [0.29, 0.717) is 22.0 Å². The van der Waals surface area contributed by atoms with Gasteiger partial charge in [-0.1, -0.05) is 27.5 Å². The number of Topliss-reactive ketones (excluding diaryl/α,β-unsaturated/α-hetero) is 1. The van der Waals surface area contributed by atoms with Gasteiger partial charge in [-0.05, 0) is 49.4 Å². The van der Waals surface area contributed by atoms with Crippen molar-refractivity contribution in [1.29, 1.82) is 0 Å². The fourth-order valence-corrected chi connectivity index (χ4v) is 3.55. The normalized spacial score (nSPS) is 18.8. The highest BCUT2D eigenvalue weighted by molar-refractivity contribution is 9.10. The number of benzene rings is 2. The Hall–Kier alpha value is -1.89. The fraction of sp³-hybridized carbons (Fsp3) is 0.263. The molecular weight excluding hydrogens is 422 g/mol. The number of hydrogen-bond acceptors (Lipinski definition) is 4. The van der Waals surface area contributed by atoms with E-state index in [2.05, 4.69) is 15.9 Å². The van der Waals surface area contributed by atoms with Crippen molar-refractivity contribution in [3.05, 3.63) is 57.5 Å². The van der Waals surface area contributed by atoms with Crippen molar-refractivity contribution in [3.8, 4) is 5.75 Å². The number of halogens is 2. The number of ketones is 1. The van der Waals surface area contributed by atoms with Gasteiger partial charge in [0.2, 0.25) is 0 Å². The standard InChI is InChI=1S/C19H17BrClNO4/c1-12(23)11-19(25)16-10-13(20)2-7-17(16)22(18(19)24)8-9-26-15-5-3-14(21)4-6-15/h2-7,10,25H,8-9,11H2,1H3/t19-/m0/s1. The molecule has 7 heteroatoms. The maximum Gasteiger partial charge on any atom is 0.264 e. The fourth-order valence-electron chi connectivity index (χ4n) is 3.06. The van der Waals surface area contributed by atoms with Gasteiger partial charge in [0.15, 0.2) is 5.60 Å².